The second-order valence-corrected chi connectivity index (χ2v) is 8.89. The second-order valence-electron chi connectivity index (χ2n) is 7.46. The third-order valence-electron chi connectivity index (χ3n) is 4.92. The molecule has 0 spiro atoms. The zero-order valence-electron chi connectivity index (χ0n) is 18.2. The number of hydrogen-bond acceptors (Lipinski definition) is 6. The SMILES string of the molecule is Cc1ccc(C(=O)Oc2cccc(/C=C3\SC(=O)N(CCOc4ccc(Cl)cc4)C3=O)c2)cc1. The molecule has 1 heterocycles. The molecule has 8 heteroatoms. The van der Waals surface area contributed by atoms with Crippen LogP contribution in [0.25, 0.3) is 6.08 Å². The van der Waals surface area contributed by atoms with Gasteiger partial charge in [0.2, 0.25) is 0 Å². The Hall–Kier alpha value is -3.55. The minimum absolute atomic E-state index is 0.124. The van der Waals surface area contributed by atoms with Gasteiger partial charge in [-0.3, -0.25) is 14.5 Å². The van der Waals surface area contributed by atoms with Crippen LogP contribution < -0.4 is 9.47 Å². The molecule has 0 saturated carbocycles. The summed E-state index contributed by atoms with van der Waals surface area (Å²) >= 11 is 6.71. The maximum atomic E-state index is 12.7. The van der Waals surface area contributed by atoms with Crippen LogP contribution in [0.2, 0.25) is 5.02 Å². The molecule has 4 rings (SSSR count). The van der Waals surface area contributed by atoms with E-state index in [4.69, 9.17) is 21.1 Å². The number of ether oxygens (including phenoxy) is 2. The highest BCUT2D eigenvalue weighted by molar-refractivity contribution is 8.18. The lowest BCUT2D eigenvalue weighted by atomic mass is 10.1. The van der Waals surface area contributed by atoms with Crippen molar-refractivity contribution in [3.63, 3.8) is 0 Å². The van der Waals surface area contributed by atoms with Crippen LogP contribution in [0.4, 0.5) is 4.79 Å². The Kier molecular flexibility index (Phi) is 7.35. The van der Waals surface area contributed by atoms with Gasteiger partial charge in [0.15, 0.2) is 0 Å². The molecular formula is C26H20ClNO5S. The molecule has 0 aliphatic carbocycles. The molecule has 1 aliphatic heterocycles. The van der Waals surface area contributed by atoms with Gasteiger partial charge in [-0.2, -0.15) is 0 Å². The van der Waals surface area contributed by atoms with E-state index in [1.54, 1.807) is 66.7 Å². The third-order valence-corrected chi connectivity index (χ3v) is 6.08. The van der Waals surface area contributed by atoms with Crippen LogP contribution in [0.5, 0.6) is 11.5 Å². The van der Waals surface area contributed by atoms with Crippen molar-refractivity contribution >= 4 is 46.6 Å². The van der Waals surface area contributed by atoms with E-state index in [2.05, 4.69) is 0 Å². The molecule has 1 fully saturated rings. The van der Waals surface area contributed by atoms with Gasteiger partial charge < -0.3 is 9.47 Å². The number of nitrogens with zero attached hydrogens (tertiary/aromatic N) is 1. The van der Waals surface area contributed by atoms with Gasteiger partial charge in [-0.05, 0) is 78.9 Å². The smallest absolute Gasteiger partial charge is 0.343 e. The number of thioether (sulfide) groups is 1. The monoisotopic (exact) mass is 493 g/mol. The molecular weight excluding hydrogens is 474 g/mol. The summed E-state index contributed by atoms with van der Waals surface area (Å²) in [5.74, 6) is 0.0775. The Morgan fingerprint density at radius 2 is 1.74 bits per heavy atom. The van der Waals surface area contributed by atoms with E-state index in [9.17, 15) is 14.4 Å². The number of benzene rings is 3. The Morgan fingerprint density at radius 3 is 2.47 bits per heavy atom. The van der Waals surface area contributed by atoms with Gasteiger partial charge in [-0.15, -0.1) is 0 Å². The van der Waals surface area contributed by atoms with Crippen LogP contribution in [0.1, 0.15) is 21.5 Å². The molecule has 3 aromatic rings. The number of hydrogen-bond donors (Lipinski definition) is 0. The predicted molar refractivity (Wildman–Crippen MR) is 132 cm³/mol. The molecule has 1 saturated heterocycles. The van der Waals surface area contributed by atoms with Gasteiger partial charge in [-0.1, -0.05) is 41.4 Å². The van der Waals surface area contributed by atoms with Crippen LogP contribution in [0.15, 0.2) is 77.7 Å². The van der Waals surface area contributed by atoms with E-state index >= 15 is 0 Å². The van der Waals surface area contributed by atoms with E-state index in [-0.39, 0.29) is 18.4 Å². The Labute approximate surface area is 206 Å². The zero-order chi connectivity index (χ0) is 24.1. The molecule has 1 aliphatic rings. The minimum Gasteiger partial charge on any atom is -0.492 e. The predicted octanol–water partition coefficient (Wildman–Crippen LogP) is 5.98. The topological polar surface area (TPSA) is 72.9 Å². The van der Waals surface area contributed by atoms with Crippen LogP contribution in [0.3, 0.4) is 0 Å². The number of esters is 1. The van der Waals surface area contributed by atoms with E-state index in [0.717, 1.165) is 22.2 Å². The van der Waals surface area contributed by atoms with Crippen molar-refractivity contribution in [2.75, 3.05) is 13.2 Å². The van der Waals surface area contributed by atoms with Crippen LogP contribution in [0, 0.1) is 6.92 Å². The third kappa shape index (κ3) is 5.87. The molecule has 6 nitrogen and oxygen atoms in total. The summed E-state index contributed by atoms with van der Waals surface area (Å²) in [5.41, 5.74) is 2.12. The van der Waals surface area contributed by atoms with Gasteiger partial charge in [0.1, 0.15) is 18.1 Å². The lowest BCUT2D eigenvalue weighted by Gasteiger charge is -2.13. The number of carbonyl (C=O) groups is 3. The van der Waals surface area contributed by atoms with E-state index in [0.29, 0.717) is 32.6 Å². The molecule has 0 aromatic heterocycles. The molecule has 3 aromatic carbocycles. The summed E-state index contributed by atoms with van der Waals surface area (Å²) in [5, 5.41) is 0.232. The zero-order valence-corrected chi connectivity index (χ0v) is 19.8. The van der Waals surface area contributed by atoms with Gasteiger partial charge in [0.25, 0.3) is 11.1 Å². The van der Waals surface area contributed by atoms with Crippen molar-refractivity contribution in [1.82, 2.24) is 4.90 Å². The molecule has 0 unspecified atom stereocenters. The average molecular weight is 494 g/mol. The summed E-state index contributed by atoms with van der Waals surface area (Å²) in [6.45, 7) is 2.23. The van der Waals surface area contributed by atoms with Crippen molar-refractivity contribution < 1.29 is 23.9 Å². The molecule has 0 N–H and O–H groups in total. The van der Waals surface area contributed by atoms with Gasteiger partial charge in [-0.25, -0.2) is 4.79 Å². The number of halogens is 1. The minimum atomic E-state index is -0.474. The second kappa shape index (κ2) is 10.6. The standard InChI is InChI=1S/C26H20ClNO5S/c1-17-5-7-19(8-6-17)25(30)33-22-4-2-3-18(15-22)16-23-24(29)28(26(31)34-23)13-14-32-21-11-9-20(27)10-12-21/h2-12,15-16H,13-14H2,1H3/b23-16-. The van der Waals surface area contributed by atoms with Crippen molar-refractivity contribution in [1.29, 1.82) is 0 Å². The van der Waals surface area contributed by atoms with Crippen molar-refractivity contribution in [2.45, 2.75) is 6.92 Å². The molecule has 2 amide bonds. The van der Waals surface area contributed by atoms with Crippen LogP contribution in [-0.2, 0) is 4.79 Å². The lowest BCUT2D eigenvalue weighted by molar-refractivity contribution is -0.123. The number of imide groups is 1. The highest BCUT2D eigenvalue weighted by atomic mass is 35.5. The number of rotatable bonds is 7. The Morgan fingerprint density at radius 1 is 1.00 bits per heavy atom. The fraction of sp³-hybridized carbons (Fsp3) is 0.115. The number of aryl methyl sites for hydroxylation is 1. The largest absolute Gasteiger partial charge is 0.492 e. The van der Waals surface area contributed by atoms with E-state index < -0.39 is 11.9 Å². The fourth-order valence-electron chi connectivity index (χ4n) is 3.15. The van der Waals surface area contributed by atoms with Crippen LogP contribution in [-0.4, -0.2) is 35.2 Å². The van der Waals surface area contributed by atoms with Gasteiger partial charge in [0, 0.05) is 5.02 Å². The fourth-order valence-corrected chi connectivity index (χ4v) is 4.14. The molecule has 0 radical (unpaired) electrons. The molecule has 172 valence electrons. The van der Waals surface area contributed by atoms with Gasteiger partial charge in [0.05, 0.1) is 17.0 Å². The Balaban J connectivity index is 1.39. The van der Waals surface area contributed by atoms with E-state index in [1.807, 2.05) is 19.1 Å². The maximum absolute atomic E-state index is 12.7. The van der Waals surface area contributed by atoms with Crippen molar-refractivity contribution in [2.24, 2.45) is 0 Å². The maximum Gasteiger partial charge on any atom is 0.343 e. The summed E-state index contributed by atoms with van der Waals surface area (Å²) in [7, 11) is 0. The lowest BCUT2D eigenvalue weighted by Crippen LogP contribution is -2.32. The molecule has 0 bridgehead atoms. The first-order valence-corrected chi connectivity index (χ1v) is 11.6. The van der Waals surface area contributed by atoms with E-state index in [1.165, 1.54) is 0 Å². The normalized spacial score (nSPS) is 14.5. The Bertz CT molecular complexity index is 1250. The summed E-state index contributed by atoms with van der Waals surface area (Å²) in [6.07, 6.45) is 1.61. The van der Waals surface area contributed by atoms with Crippen molar-refractivity contribution in [3.05, 3.63) is 99.4 Å². The van der Waals surface area contributed by atoms with Crippen molar-refractivity contribution in [3.8, 4) is 11.5 Å². The first-order valence-electron chi connectivity index (χ1n) is 10.4. The summed E-state index contributed by atoms with van der Waals surface area (Å²) < 4.78 is 11.0. The number of carbonyl (C=O) groups excluding carboxylic acids is 3. The quantitative estimate of drug-likeness (QED) is 0.229. The van der Waals surface area contributed by atoms with Crippen LogP contribution >= 0.6 is 23.4 Å². The summed E-state index contributed by atoms with van der Waals surface area (Å²) in [6, 6.07) is 20.7. The van der Waals surface area contributed by atoms with Gasteiger partial charge >= 0.3 is 5.97 Å². The average Bonchev–Trinajstić information content (AvgIpc) is 3.08. The highest BCUT2D eigenvalue weighted by Gasteiger charge is 2.34. The molecule has 0 atom stereocenters. The first-order chi connectivity index (χ1) is 16.4. The summed E-state index contributed by atoms with van der Waals surface area (Å²) in [4.78, 5) is 38.9. The molecule has 34 heavy (non-hydrogen) atoms. The first kappa shape index (κ1) is 23.6. The highest BCUT2D eigenvalue weighted by Crippen LogP contribution is 2.32. The number of amides is 2.